The van der Waals surface area contributed by atoms with E-state index in [0.29, 0.717) is 18.2 Å². The van der Waals surface area contributed by atoms with Gasteiger partial charge in [-0.1, -0.05) is 19.1 Å². The Labute approximate surface area is 181 Å². The van der Waals surface area contributed by atoms with Crippen LogP contribution in [0.3, 0.4) is 0 Å². The van der Waals surface area contributed by atoms with Crippen LogP contribution in [0.2, 0.25) is 0 Å². The molecule has 2 heterocycles. The number of sulfonamides is 1. The lowest BCUT2D eigenvalue weighted by atomic mass is 9.97. The molecule has 0 spiro atoms. The van der Waals surface area contributed by atoms with Crippen LogP contribution < -0.4 is 10.5 Å². The number of alkyl halides is 3. The van der Waals surface area contributed by atoms with Gasteiger partial charge < -0.3 is 9.88 Å². The molecule has 13 heteroatoms. The molecule has 0 radical (unpaired) electrons. The van der Waals surface area contributed by atoms with Crippen LogP contribution in [0.4, 0.5) is 18.9 Å². The Balaban J connectivity index is 1.86. The Morgan fingerprint density at radius 1 is 1.25 bits per heavy atom. The van der Waals surface area contributed by atoms with Gasteiger partial charge in [0.25, 0.3) is 5.91 Å². The summed E-state index contributed by atoms with van der Waals surface area (Å²) in [6.07, 6.45) is -2.82. The number of nitrogens with zero attached hydrogens (tertiary/aromatic N) is 4. The minimum atomic E-state index is -4.97. The predicted molar refractivity (Wildman–Crippen MR) is 108 cm³/mol. The van der Waals surface area contributed by atoms with E-state index < -0.39 is 38.4 Å². The number of primary sulfonamides is 1. The van der Waals surface area contributed by atoms with E-state index >= 15 is 0 Å². The van der Waals surface area contributed by atoms with Gasteiger partial charge in [0.05, 0.1) is 4.90 Å². The number of carbonyl (C=O) groups excluding carboxylic acids is 1. The number of hydrogen-bond acceptors (Lipinski definition) is 6. The van der Waals surface area contributed by atoms with Crippen LogP contribution in [0.5, 0.6) is 0 Å². The Bertz CT molecular complexity index is 1260. The van der Waals surface area contributed by atoms with Gasteiger partial charge in [0, 0.05) is 19.2 Å². The number of benzene rings is 1. The summed E-state index contributed by atoms with van der Waals surface area (Å²) in [6, 6.07) is 7.69. The number of aryl methyl sites for hydroxylation is 1. The lowest BCUT2D eigenvalue weighted by molar-refractivity contribution is -0.141. The van der Waals surface area contributed by atoms with Gasteiger partial charge in [0.1, 0.15) is 23.5 Å². The zero-order valence-electron chi connectivity index (χ0n) is 17.0. The van der Waals surface area contributed by atoms with Gasteiger partial charge in [0.15, 0.2) is 0 Å². The highest BCUT2D eigenvalue weighted by Gasteiger charge is 2.35. The molecule has 170 valence electrons. The highest BCUT2D eigenvalue weighted by atomic mass is 32.2. The van der Waals surface area contributed by atoms with Crippen LogP contribution in [-0.4, -0.2) is 34.1 Å². The quantitative estimate of drug-likeness (QED) is 0.571. The molecule has 1 amide bonds. The van der Waals surface area contributed by atoms with Gasteiger partial charge in [-0.2, -0.15) is 13.2 Å². The van der Waals surface area contributed by atoms with Crippen molar-refractivity contribution in [3.63, 3.8) is 0 Å². The summed E-state index contributed by atoms with van der Waals surface area (Å²) < 4.78 is 64.2. The first-order valence-electron chi connectivity index (χ1n) is 9.21. The second-order valence-electron chi connectivity index (χ2n) is 7.16. The van der Waals surface area contributed by atoms with Crippen molar-refractivity contribution in [3.8, 4) is 0 Å². The minimum Gasteiger partial charge on any atom is -0.321 e. The van der Waals surface area contributed by atoms with E-state index in [1.807, 2.05) is 20.0 Å². The first-order chi connectivity index (χ1) is 14.8. The van der Waals surface area contributed by atoms with Gasteiger partial charge in [-0.15, -0.1) is 10.2 Å². The van der Waals surface area contributed by atoms with Crippen molar-refractivity contribution in [1.82, 2.24) is 19.7 Å². The molecule has 0 saturated carbocycles. The van der Waals surface area contributed by atoms with E-state index in [1.165, 1.54) is 0 Å². The zero-order chi connectivity index (χ0) is 23.7. The number of amides is 1. The molecule has 3 N–H and O–H groups in total. The molecule has 0 saturated heterocycles. The van der Waals surface area contributed by atoms with E-state index in [2.05, 4.69) is 20.5 Å². The van der Waals surface area contributed by atoms with Gasteiger partial charge in [-0.3, -0.25) is 4.79 Å². The van der Waals surface area contributed by atoms with Gasteiger partial charge in [0.2, 0.25) is 10.0 Å². The summed E-state index contributed by atoms with van der Waals surface area (Å²) in [7, 11) is -2.68. The van der Waals surface area contributed by atoms with Crippen molar-refractivity contribution < 1.29 is 26.4 Å². The summed E-state index contributed by atoms with van der Waals surface area (Å²) in [5, 5.41) is 15.2. The molecule has 3 rings (SSSR count). The highest BCUT2D eigenvalue weighted by Crippen LogP contribution is 2.30. The Kier molecular flexibility index (Phi) is 6.32. The maximum atomic E-state index is 13.1. The van der Waals surface area contributed by atoms with E-state index in [9.17, 15) is 26.4 Å². The summed E-state index contributed by atoms with van der Waals surface area (Å²) >= 11 is 0. The SMILES string of the molecule is CC(Cc1nncn1C)c1cccc(NC(=O)c2cc(S(N)(=O)=O)cc(C(F)(F)F)n2)c1. The monoisotopic (exact) mass is 468 g/mol. The molecular weight excluding hydrogens is 449 g/mol. The first kappa shape index (κ1) is 23.3. The third-order valence-corrected chi connectivity index (χ3v) is 5.55. The van der Waals surface area contributed by atoms with Crippen molar-refractivity contribution in [3.05, 3.63) is 65.5 Å². The zero-order valence-corrected chi connectivity index (χ0v) is 17.8. The standard InChI is InChI=1S/C19H19F3N6O3S/c1-11(6-17-27-24-10-28(17)2)12-4-3-5-13(7-12)25-18(29)15-8-14(32(23,30)31)9-16(26-15)19(20,21)22/h3-5,7-11H,6H2,1-2H3,(H,25,29)(H2,23,30,31). The topological polar surface area (TPSA) is 133 Å². The normalized spacial score (nSPS) is 13.1. The highest BCUT2D eigenvalue weighted by molar-refractivity contribution is 7.89. The largest absolute Gasteiger partial charge is 0.433 e. The van der Waals surface area contributed by atoms with Crippen molar-refractivity contribution in [1.29, 1.82) is 0 Å². The van der Waals surface area contributed by atoms with E-state index in [0.717, 1.165) is 11.4 Å². The molecular formula is C19H19F3N6O3S. The Morgan fingerprint density at radius 3 is 2.56 bits per heavy atom. The van der Waals surface area contributed by atoms with E-state index in [-0.39, 0.29) is 12.0 Å². The summed E-state index contributed by atoms with van der Waals surface area (Å²) in [5.41, 5.74) is -1.14. The van der Waals surface area contributed by atoms with Crippen LogP contribution in [0, 0.1) is 0 Å². The summed E-state index contributed by atoms with van der Waals surface area (Å²) in [6.45, 7) is 1.95. The molecule has 0 aliphatic heterocycles. The van der Waals surface area contributed by atoms with Crippen molar-refractivity contribution in [2.45, 2.75) is 30.3 Å². The molecule has 1 aromatic carbocycles. The molecule has 0 bridgehead atoms. The fourth-order valence-electron chi connectivity index (χ4n) is 2.93. The fourth-order valence-corrected chi connectivity index (χ4v) is 3.48. The molecule has 3 aromatic rings. The second-order valence-corrected chi connectivity index (χ2v) is 8.72. The van der Waals surface area contributed by atoms with Crippen LogP contribution in [0.1, 0.15) is 40.4 Å². The number of anilines is 1. The van der Waals surface area contributed by atoms with E-state index in [1.54, 1.807) is 29.1 Å². The second kappa shape index (κ2) is 8.67. The molecule has 0 aliphatic rings. The van der Waals surface area contributed by atoms with Crippen LogP contribution in [0.15, 0.2) is 47.6 Å². The number of aromatic nitrogens is 4. The smallest absolute Gasteiger partial charge is 0.321 e. The molecule has 9 nitrogen and oxygen atoms in total. The number of carbonyl (C=O) groups is 1. The molecule has 0 aliphatic carbocycles. The number of nitrogens with one attached hydrogen (secondary N) is 1. The van der Waals surface area contributed by atoms with Crippen LogP contribution >= 0.6 is 0 Å². The van der Waals surface area contributed by atoms with Crippen molar-refractivity contribution in [2.24, 2.45) is 12.2 Å². The maximum absolute atomic E-state index is 13.1. The van der Waals surface area contributed by atoms with Gasteiger partial charge in [-0.25, -0.2) is 18.5 Å². The number of hydrogen-bond donors (Lipinski definition) is 2. The summed E-state index contributed by atoms with van der Waals surface area (Å²) in [5.74, 6) is -0.259. The van der Waals surface area contributed by atoms with E-state index in [4.69, 9.17) is 5.14 Å². The third-order valence-electron chi connectivity index (χ3n) is 4.66. The molecule has 0 fully saturated rings. The Hall–Kier alpha value is -3.32. The van der Waals surface area contributed by atoms with Crippen LogP contribution in [-0.2, 0) is 29.7 Å². The number of rotatable bonds is 6. The first-order valence-corrected chi connectivity index (χ1v) is 10.8. The molecule has 1 unspecified atom stereocenters. The Morgan fingerprint density at radius 2 is 1.97 bits per heavy atom. The third kappa shape index (κ3) is 5.48. The average Bonchev–Trinajstić information content (AvgIpc) is 3.11. The number of halogens is 3. The number of nitrogens with two attached hydrogens (primary N) is 1. The minimum absolute atomic E-state index is 0.00424. The predicted octanol–water partition coefficient (Wildman–Crippen LogP) is 2.47. The number of pyridine rings is 1. The molecule has 32 heavy (non-hydrogen) atoms. The average molecular weight is 468 g/mol. The lowest BCUT2D eigenvalue weighted by Gasteiger charge is -2.14. The summed E-state index contributed by atoms with van der Waals surface area (Å²) in [4.78, 5) is 14.9. The van der Waals surface area contributed by atoms with Crippen molar-refractivity contribution >= 4 is 21.6 Å². The maximum Gasteiger partial charge on any atom is 0.433 e. The van der Waals surface area contributed by atoms with Gasteiger partial charge in [-0.05, 0) is 35.7 Å². The van der Waals surface area contributed by atoms with Crippen molar-refractivity contribution in [2.75, 3.05) is 5.32 Å². The van der Waals surface area contributed by atoms with Crippen LogP contribution in [0.25, 0.3) is 0 Å². The lowest BCUT2D eigenvalue weighted by Crippen LogP contribution is -2.21. The van der Waals surface area contributed by atoms with Gasteiger partial charge >= 0.3 is 6.18 Å². The molecule has 1 atom stereocenters. The molecule has 2 aromatic heterocycles. The fraction of sp³-hybridized carbons (Fsp3) is 0.263.